The maximum atomic E-state index is 14.6. The zero-order chi connectivity index (χ0) is 22.8. The van der Waals surface area contributed by atoms with Crippen LogP contribution in [-0.4, -0.2) is 0 Å². The molecule has 0 N–H and O–H groups in total. The van der Waals surface area contributed by atoms with Crippen molar-refractivity contribution >= 4 is 10.8 Å². The lowest BCUT2D eigenvalue weighted by atomic mass is 9.96. The summed E-state index contributed by atoms with van der Waals surface area (Å²) in [4.78, 5) is 0. The zero-order valence-electron chi connectivity index (χ0n) is 17.5. The Morgan fingerprint density at radius 2 is 1.22 bits per heavy atom. The normalized spacial score (nSPS) is 11.3. The smallest absolute Gasteiger partial charge is 0.194 e. The van der Waals surface area contributed by atoms with E-state index < -0.39 is 29.1 Å². The number of halogens is 5. The van der Waals surface area contributed by atoms with Crippen LogP contribution in [0.4, 0.5) is 22.0 Å². The van der Waals surface area contributed by atoms with Gasteiger partial charge in [0.1, 0.15) is 0 Å². The molecule has 0 unspecified atom stereocenters. The Balaban J connectivity index is 1.57. The van der Waals surface area contributed by atoms with Gasteiger partial charge in [-0.1, -0.05) is 55.8 Å². The van der Waals surface area contributed by atoms with Gasteiger partial charge in [0.2, 0.25) is 0 Å². The quantitative estimate of drug-likeness (QED) is 0.211. The molecule has 0 radical (unpaired) electrons. The number of rotatable bonds is 6. The predicted molar refractivity (Wildman–Crippen MR) is 117 cm³/mol. The number of aryl methyl sites for hydroxylation is 3. The van der Waals surface area contributed by atoms with E-state index in [1.54, 1.807) is 24.3 Å². The third-order valence-electron chi connectivity index (χ3n) is 5.64. The molecule has 32 heavy (non-hydrogen) atoms. The summed E-state index contributed by atoms with van der Waals surface area (Å²) in [5.74, 6) is -5.50. The first kappa shape index (κ1) is 22.0. The average molecular weight is 440 g/mol. The van der Waals surface area contributed by atoms with Gasteiger partial charge in [0.05, 0.1) is 0 Å². The van der Waals surface area contributed by atoms with Crippen molar-refractivity contribution in [2.45, 2.75) is 32.6 Å². The van der Waals surface area contributed by atoms with Crippen molar-refractivity contribution in [2.24, 2.45) is 0 Å². The van der Waals surface area contributed by atoms with Crippen molar-refractivity contribution in [3.8, 4) is 11.1 Å². The van der Waals surface area contributed by atoms with Crippen LogP contribution in [0.15, 0.2) is 60.7 Å². The molecule has 0 saturated heterocycles. The third-order valence-corrected chi connectivity index (χ3v) is 5.64. The molecule has 4 aromatic carbocycles. The van der Waals surface area contributed by atoms with Crippen molar-refractivity contribution in [1.82, 2.24) is 0 Å². The fourth-order valence-electron chi connectivity index (χ4n) is 3.93. The van der Waals surface area contributed by atoms with Crippen LogP contribution in [0.25, 0.3) is 21.9 Å². The van der Waals surface area contributed by atoms with Crippen LogP contribution in [0.2, 0.25) is 0 Å². The standard InChI is InChI=1S/C27H21F5/c1-2-3-18-10-11-22(26(31)25(18)30)21-9-8-19-12-16(6-7-20(19)15-21)4-5-17-13-23(28)27(32)24(29)14-17/h6-15H,2-5H2,1H3. The fourth-order valence-corrected chi connectivity index (χ4v) is 3.93. The lowest BCUT2D eigenvalue weighted by molar-refractivity contribution is 0.445. The Morgan fingerprint density at radius 1 is 0.562 bits per heavy atom. The first-order chi connectivity index (χ1) is 15.4. The highest BCUT2D eigenvalue weighted by atomic mass is 19.2. The molecule has 0 nitrogen and oxygen atoms in total. The van der Waals surface area contributed by atoms with Gasteiger partial charge in [-0.05, 0) is 70.5 Å². The summed E-state index contributed by atoms with van der Waals surface area (Å²) in [7, 11) is 0. The average Bonchev–Trinajstić information content (AvgIpc) is 2.79. The van der Waals surface area contributed by atoms with Crippen LogP contribution in [0.5, 0.6) is 0 Å². The van der Waals surface area contributed by atoms with Crippen molar-refractivity contribution in [3.05, 3.63) is 106 Å². The fraction of sp³-hybridized carbons (Fsp3) is 0.185. The first-order valence-electron chi connectivity index (χ1n) is 10.5. The SMILES string of the molecule is CCCc1ccc(-c2ccc3cc(CCc4cc(F)c(F)c(F)c4)ccc3c2)c(F)c1F. The van der Waals surface area contributed by atoms with Gasteiger partial charge in [0.25, 0.3) is 0 Å². The number of benzene rings is 4. The van der Waals surface area contributed by atoms with E-state index in [9.17, 15) is 22.0 Å². The van der Waals surface area contributed by atoms with Crippen LogP contribution >= 0.6 is 0 Å². The van der Waals surface area contributed by atoms with Crippen molar-refractivity contribution < 1.29 is 22.0 Å². The summed E-state index contributed by atoms with van der Waals surface area (Å²) in [5, 5.41) is 1.77. The molecule has 5 heteroatoms. The van der Waals surface area contributed by atoms with E-state index in [0.717, 1.165) is 34.9 Å². The Labute approximate surface area is 183 Å². The molecule has 0 heterocycles. The minimum absolute atomic E-state index is 0.216. The molecular weight excluding hydrogens is 419 g/mol. The Morgan fingerprint density at radius 3 is 1.94 bits per heavy atom. The van der Waals surface area contributed by atoms with E-state index >= 15 is 0 Å². The van der Waals surface area contributed by atoms with Crippen LogP contribution in [-0.2, 0) is 19.3 Å². The van der Waals surface area contributed by atoms with E-state index in [1.807, 2.05) is 31.2 Å². The molecule has 4 aromatic rings. The molecule has 0 fully saturated rings. The molecule has 0 aromatic heterocycles. The molecule has 0 aliphatic heterocycles. The summed E-state index contributed by atoms with van der Waals surface area (Å²) >= 11 is 0. The third kappa shape index (κ3) is 4.38. The Hall–Kier alpha value is -3.21. The minimum atomic E-state index is -1.47. The highest BCUT2D eigenvalue weighted by Gasteiger charge is 2.15. The highest BCUT2D eigenvalue weighted by Crippen LogP contribution is 2.30. The van der Waals surface area contributed by atoms with Gasteiger partial charge in [0.15, 0.2) is 29.1 Å². The first-order valence-corrected chi connectivity index (χ1v) is 10.5. The van der Waals surface area contributed by atoms with Gasteiger partial charge in [-0.15, -0.1) is 0 Å². The summed E-state index contributed by atoms with van der Waals surface area (Å²) in [6.45, 7) is 1.92. The molecule has 4 rings (SSSR count). The lowest BCUT2D eigenvalue weighted by Crippen LogP contribution is -1.98. The summed E-state index contributed by atoms with van der Waals surface area (Å²) in [6, 6.07) is 16.3. The van der Waals surface area contributed by atoms with Gasteiger partial charge in [0, 0.05) is 5.56 Å². The molecule has 164 valence electrons. The van der Waals surface area contributed by atoms with Gasteiger partial charge < -0.3 is 0 Å². The Bertz CT molecular complexity index is 1270. The monoisotopic (exact) mass is 440 g/mol. The summed E-state index contributed by atoms with van der Waals surface area (Å²) < 4.78 is 68.9. The second-order valence-corrected chi connectivity index (χ2v) is 7.92. The molecular formula is C27H21F5. The van der Waals surface area contributed by atoms with Crippen molar-refractivity contribution in [1.29, 1.82) is 0 Å². The predicted octanol–water partition coefficient (Wildman–Crippen LogP) is 7.94. The molecule has 0 saturated carbocycles. The molecule has 0 aliphatic rings. The topological polar surface area (TPSA) is 0 Å². The van der Waals surface area contributed by atoms with E-state index in [4.69, 9.17) is 0 Å². The molecule has 0 aliphatic carbocycles. The minimum Gasteiger partial charge on any atom is -0.204 e. The van der Waals surface area contributed by atoms with Crippen LogP contribution in [0, 0.1) is 29.1 Å². The number of hydrogen-bond donors (Lipinski definition) is 0. The molecule has 0 spiro atoms. The molecule has 0 bridgehead atoms. The van der Waals surface area contributed by atoms with Crippen molar-refractivity contribution in [2.75, 3.05) is 0 Å². The van der Waals surface area contributed by atoms with E-state index in [1.165, 1.54) is 0 Å². The van der Waals surface area contributed by atoms with Gasteiger partial charge >= 0.3 is 0 Å². The van der Waals surface area contributed by atoms with Gasteiger partial charge in [-0.3, -0.25) is 0 Å². The maximum Gasteiger partial charge on any atom is 0.194 e. The van der Waals surface area contributed by atoms with Crippen molar-refractivity contribution in [3.63, 3.8) is 0 Å². The molecule has 0 amide bonds. The van der Waals surface area contributed by atoms with E-state index in [0.29, 0.717) is 36.0 Å². The maximum absolute atomic E-state index is 14.6. The summed E-state index contributed by atoms with van der Waals surface area (Å²) in [6.07, 6.45) is 2.09. The van der Waals surface area contributed by atoms with Crippen LogP contribution in [0.1, 0.15) is 30.0 Å². The van der Waals surface area contributed by atoms with E-state index in [-0.39, 0.29) is 5.56 Å². The lowest BCUT2D eigenvalue weighted by Gasteiger charge is -2.10. The van der Waals surface area contributed by atoms with Gasteiger partial charge in [-0.25, -0.2) is 22.0 Å². The molecule has 0 atom stereocenters. The summed E-state index contributed by atoms with van der Waals surface area (Å²) in [5.41, 5.74) is 2.49. The second kappa shape index (κ2) is 9.11. The van der Waals surface area contributed by atoms with E-state index in [2.05, 4.69) is 0 Å². The zero-order valence-corrected chi connectivity index (χ0v) is 17.5. The number of fused-ring (bicyclic) bond motifs is 1. The van der Waals surface area contributed by atoms with Crippen LogP contribution < -0.4 is 0 Å². The second-order valence-electron chi connectivity index (χ2n) is 7.92. The Kier molecular flexibility index (Phi) is 6.26. The van der Waals surface area contributed by atoms with Gasteiger partial charge in [-0.2, -0.15) is 0 Å². The highest BCUT2D eigenvalue weighted by molar-refractivity contribution is 5.88. The van der Waals surface area contributed by atoms with Crippen LogP contribution in [0.3, 0.4) is 0 Å². The number of hydrogen-bond acceptors (Lipinski definition) is 0. The largest absolute Gasteiger partial charge is 0.204 e.